The average molecular weight is 564 g/mol. The lowest BCUT2D eigenvalue weighted by molar-refractivity contribution is -0.918. The van der Waals surface area contributed by atoms with Crippen molar-refractivity contribution in [3.63, 3.8) is 0 Å². The number of aliphatic imine (C=N–C) groups is 1. The maximum Gasteiger partial charge on any atom is 0.221 e. The molecule has 1 saturated heterocycles. The molecule has 2 aliphatic rings. The number of nitrogens with two attached hydrogens (primary N) is 2. The maximum absolute atomic E-state index is 15.0. The maximum atomic E-state index is 15.0. The van der Waals surface area contributed by atoms with Gasteiger partial charge in [0.25, 0.3) is 0 Å². The number of rotatable bonds is 9. The SMILES string of the molecule is CCCCc1cc2ccccc2c(OCC[N+](C)(C)C2C=C(c3cnc(N)cc3F)N=C(N3CCOCC3)N2N)n1. The van der Waals surface area contributed by atoms with Crippen molar-refractivity contribution >= 4 is 28.2 Å². The number of halogens is 1. The number of nitrogen functional groups attached to an aromatic ring is 1. The minimum Gasteiger partial charge on any atom is -0.471 e. The van der Waals surface area contributed by atoms with E-state index in [4.69, 9.17) is 31.0 Å². The van der Waals surface area contributed by atoms with Crippen molar-refractivity contribution in [1.29, 1.82) is 0 Å². The first-order valence-corrected chi connectivity index (χ1v) is 14.2. The quantitative estimate of drug-likeness (QED) is 0.301. The number of pyridine rings is 2. The highest BCUT2D eigenvalue weighted by molar-refractivity contribution is 5.89. The van der Waals surface area contributed by atoms with Crippen LogP contribution in [0.3, 0.4) is 0 Å². The summed E-state index contributed by atoms with van der Waals surface area (Å²) in [6.07, 6.45) is 6.05. The Morgan fingerprint density at radius 2 is 1.95 bits per heavy atom. The second kappa shape index (κ2) is 12.4. The van der Waals surface area contributed by atoms with Crippen molar-refractivity contribution in [2.45, 2.75) is 32.4 Å². The van der Waals surface area contributed by atoms with Gasteiger partial charge in [0.05, 0.1) is 38.6 Å². The summed E-state index contributed by atoms with van der Waals surface area (Å²) in [5, 5.41) is 3.78. The molecule has 2 aliphatic heterocycles. The topological polar surface area (TPSA) is 115 Å². The number of hydrogen-bond donors (Lipinski definition) is 2. The molecule has 1 atom stereocenters. The van der Waals surface area contributed by atoms with Gasteiger partial charge >= 0.3 is 0 Å². The van der Waals surface area contributed by atoms with Gasteiger partial charge in [-0.1, -0.05) is 31.5 Å². The molecular formula is C30H40FN8O2+. The molecule has 3 aromatic rings. The molecule has 0 amide bonds. The molecule has 1 fully saturated rings. The largest absolute Gasteiger partial charge is 0.471 e. The smallest absolute Gasteiger partial charge is 0.221 e. The molecule has 1 unspecified atom stereocenters. The number of aryl methyl sites for hydroxylation is 1. The van der Waals surface area contributed by atoms with Gasteiger partial charge in [-0.3, -0.25) is 0 Å². The molecule has 11 heteroatoms. The second-order valence-electron chi connectivity index (χ2n) is 11.1. The monoisotopic (exact) mass is 563 g/mol. The molecule has 5 rings (SSSR count). The van der Waals surface area contributed by atoms with E-state index in [-0.39, 0.29) is 17.5 Å². The van der Waals surface area contributed by atoms with Crippen LogP contribution in [0.4, 0.5) is 10.2 Å². The summed E-state index contributed by atoms with van der Waals surface area (Å²) in [6, 6.07) is 11.5. The van der Waals surface area contributed by atoms with Crippen LogP contribution in [0.2, 0.25) is 0 Å². The first-order valence-electron chi connectivity index (χ1n) is 14.2. The molecular weight excluding hydrogens is 523 g/mol. The van der Waals surface area contributed by atoms with Crippen LogP contribution in [0.15, 0.2) is 53.7 Å². The van der Waals surface area contributed by atoms with Gasteiger partial charge in [0, 0.05) is 42.5 Å². The fourth-order valence-electron chi connectivity index (χ4n) is 5.19. The number of guanidine groups is 1. The highest BCUT2D eigenvalue weighted by Gasteiger charge is 2.38. The summed E-state index contributed by atoms with van der Waals surface area (Å²) < 4.78 is 27.3. The first-order chi connectivity index (χ1) is 19.8. The molecule has 0 saturated carbocycles. The molecule has 41 heavy (non-hydrogen) atoms. The zero-order chi connectivity index (χ0) is 29.0. The molecule has 0 aliphatic carbocycles. The van der Waals surface area contributed by atoms with Crippen molar-refractivity contribution in [1.82, 2.24) is 19.9 Å². The number of benzene rings is 1. The van der Waals surface area contributed by atoms with E-state index < -0.39 is 5.82 Å². The summed E-state index contributed by atoms with van der Waals surface area (Å²) in [5.74, 6) is 7.59. The summed E-state index contributed by atoms with van der Waals surface area (Å²) in [6.45, 7) is 5.61. The number of nitrogens with zero attached hydrogens (tertiary/aromatic N) is 6. The number of hydrazine groups is 1. The number of likely N-dealkylation sites (N-methyl/N-ethyl adjacent to an activating group) is 1. The van der Waals surface area contributed by atoms with Crippen LogP contribution in [0.25, 0.3) is 16.5 Å². The Labute approximate surface area is 240 Å². The third-order valence-electron chi connectivity index (χ3n) is 7.66. The lowest BCUT2D eigenvalue weighted by Gasteiger charge is -2.45. The summed E-state index contributed by atoms with van der Waals surface area (Å²) in [5.41, 5.74) is 7.49. The van der Waals surface area contributed by atoms with Crippen LogP contribution in [-0.4, -0.2) is 90.0 Å². The van der Waals surface area contributed by atoms with Gasteiger partial charge in [0.2, 0.25) is 18.0 Å². The van der Waals surface area contributed by atoms with E-state index in [9.17, 15) is 0 Å². The van der Waals surface area contributed by atoms with Crippen LogP contribution < -0.4 is 16.3 Å². The minimum atomic E-state index is -0.479. The van der Waals surface area contributed by atoms with Gasteiger partial charge in [0.1, 0.15) is 24.8 Å². The third kappa shape index (κ3) is 6.42. The van der Waals surface area contributed by atoms with E-state index in [1.165, 1.54) is 12.3 Å². The fourth-order valence-corrected chi connectivity index (χ4v) is 5.19. The van der Waals surface area contributed by atoms with E-state index in [0.717, 1.165) is 35.7 Å². The number of morpholine rings is 1. The van der Waals surface area contributed by atoms with Gasteiger partial charge in [-0.25, -0.2) is 30.2 Å². The lowest BCUT2D eigenvalue weighted by atomic mass is 10.1. The number of hydrogen-bond acceptors (Lipinski definition) is 9. The Morgan fingerprint density at radius 3 is 2.71 bits per heavy atom. The van der Waals surface area contributed by atoms with Crippen LogP contribution in [0.5, 0.6) is 5.88 Å². The zero-order valence-corrected chi connectivity index (χ0v) is 24.1. The predicted octanol–water partition coefficient (Wildman–Crippen LogP) is 3.39. The molecule has 4 N–H and O–H groups in total. The summed E-state index contributed by atoms with van der Waals surface area (Å²) >= 11 is 0. The minimum absolute atomic E-state index is 0.116. The third-order valence-corrected chi connectivity index (χ3v) is 7.66. The highest BCUT2D eigenvalue weighted by Crippen LogP contribution is 2.29. The zero-order valence-electron chi connectivity index (χ0n) is 24.1. The van der Waals surface area contributed by atoms with Gasteiger partial charge in [-0.15, -0.1) is 0 Å². The normalized spacial score (nSPS) is 17.9. The average Bonchev–Trinajstić information content (AvgIpc) is 2.96. The number of anilines is 1. The van der Waals surface area contributed by atoms with Crippen molar-refractivity contribution in [2.24, 2.45) is 10.8 Å². The standard InChI is InChI=1S/C30H40FN8O2/c1-4-5-9-22-17-21-8-6-7-10-23(21)29(35-22)41-16-13-39(2,3)28-19-26(24-20-34-27(32)18-25(24)31)36-30(38(28)33)37-11-14-40-15-12-37/h6-8,10,17-20,28H,4-5,9,11-16,33H2,1-3H3,(H2,32,34)/q+1. The number of quaternary nitrogens is 1. The van der Waals surface area contributed by atoms with Crippen molar-refractivity contribution in [3.05, 3.63) is 65.7 Å². The fraction of sp³-hybridized carbons (Fsp3) is 0.433. The molecule has 1 aromatic carbocycles. The van der Waals surface area contributed by atoms with Crippen molar-refractivity contribution < 1.29 is 18.3 Å². The van der Waals surface area contributed by atoms with E-state index in [1.807, 2.05) is 24.3 Å². The van der Waals surface area contributed by atoms with Gasteiger partial charge in [0.15, 0.2) is 0 Å². The number of aromatic nitrogens is 2. The first kappa shape index (κ1) is 28.7. The Morgan fingerprint density at radius 1 is 1.17 bits per heavy atom. The van der Waals surface area contributed by atoms with Crippen molar-refractivity contribution in [3.8, 4) is 5.88 Å². The Hall–Kier alpha value is -3.80. The Kier molecular flexibility index (Phi) is 8.67. The molecule has 10 nitrogen and oxygen atoms in total. The molecule has 0 bridgehead atoms. The van der Waals surface area contributed by atoms with Crippen LogP contribution in [0, 0.1) is 5.82 Å². The van der Waals surface area contributed by atoms with Crippen LogP contribution in [-0.2, 0) is 11.2 Å². The number of ether oxygens (including phenoxy) is 2. The number of unbranched alkanes of at least 4 members (excludes halogenated alkanes) is 1. The summed E-state index contributed by atoms with van der Waals surface area (Å²) in [7, 11) is 4.15. The van der Waals surface area contributed by atoms with E-state index in [1.54, 1.807) is 5.01 Å². The van der Waals surface area contributed by atoms with Crippen molar-refractivity contribution in [2.75, 3.05) is 59.3 Å². The predicted molar refractivity (Wildman–Crippen MR) is 159 cm³/mol. The van der Waals surface area contributed by atoms with Crippen LogP contribution in [0.1, 0.15) is 31.0 Å². The number of fused-ring (bicyclic) bond motifs is 1. The molecule has 4 heterocycles. The van der Waals surface area contributed by atoms with Gasteiger partial charge in [-0.05, 0) is 30.4 Å². The Balaban J connectivity index is 1.40. The highest BCUT2D eigenvalue weighted by atomic mass is 19.1. The second-order valence-corrected chi connectivity index (χ2v) is 11.1. The van der Waals surface area contributed by atoms with E-state index >= 15 is 4.39 Å². The van der Waals surface area contributed by atoms with Gasteiger partial charge < -0.3 is 24.6 Å². The van der Waals surface area contributed by atoms with E-state index in [2.05, 4.69) is 43.0 Å². The molecule has 2 aromatic heterocycles. The summed E-state index contributed by atoms with van der Waals surface area (Å²) in [4.78, 5) is 15.8. The van der Waals surface area contributed by atoms with Gasteiger partial charge in [-0.2, -0.15) is 0 Å². The van der Waals surface area contributed by atoms with E-state index in [0.29, 0.717) is 61.5 Å². The molecule has 0 spiro atoms. The Bertz CT molecular complexity index is 1440. The molecule has 0 radical (unpaired) electrons. The van der Waals surface area contributed by atoms with Crippen LogP contribution >= 0.6 is 0 Å². The lowest BCUT2D eigenvalue weighted by Crippen LogP contribution is -2.66. The molecule has 218 valence electrons.